The molecule has 1 aromatic heterocycles. The zero-order valence-corrected chi connectivity index (χ0v) is 23.8. The Morgan fingerprint density at radius 3 is 2.40 bits per heavy atom. The molecule has 1 amide bonds. The van der Waals surface area contributed by atoms with Crippen LogP contribution in [0.15, 0.2) is 79.0 Å². The minimum Gasteiger partial charge on any atom is -0.507 e. The van der Waals surface area contributed by atoms with Gasteiger partial charge in [-0.05, 0) is 66.8 Å². The van der Waals surface area contributed by atoms with Crippen LogP contribution < -0.4 is 14.8 Å². The average molecular weight is 598 g/mol. The van der Waals surface area contributed by atoms with Gasteiger partial charge in [-0.25, -0.2) is 4.98 Å². The zero-order chi connectivity index (χ0) is 31.0. The molecule has 228 valence electrons. The van der Waals surface area contributed by atoms with Gasteiger partial charge in [0.1, 0.15) is 29.7 Å². The maximum absolute atomic E-state index is 12.9. The lowest BCUT2D eigenvalue weighted by atomic mass is 10.0. The largest absolute Gasteiger partial charge is 0.507 e. The summed E-state index contributed by atoms with van der Waals surface area (Å²) in [5.41, 5.74) is 0.609. The molecule has 0 saturated heterocycles. The molecule has 0 spiro atoms. The molecule has 1 unspecified atom stereocenters. The number of alkyl halides is 3. The number of carbonyl (C=O) groups excluding carboxylic acids is 1. The van der Waals surface area contributed by atoms with E-state index in [1.54, 1.807) is 30.3 Å². The number of halogens is 3. The molecule has 2 atom stereocenters. The van der Waals surface area contributed by atoms with E-state index < -0.39 is 23.9 Å². The lowest BCUT2D eigenvalue weighted by Gasteiger charge is -2.18. The summed E-state index contributed by atoms with van der Waals surface area (Å²) in [5, 5.41) is 23.4. The van der Waals surface area contributed by atoms with E-state index in [1.807, 2.05) is 37.3 Å². The second-order valence-corrected chi connectivity index (χ2v) is 10.4. The van der Waals surface area contributed by atoms with Gasteiger partial charge >= 0.3 is 6.18 Å². The van der Waals surface area contributed by atoms with Crippen LogP contribution in [0.3, 0.4) is 0 Å². The Balaban J connectivity index is 1.19. The normalized spacial score (nSPS) is 12.9. The molecule has 0 aliphatic rings. The van der Waals surface area contributed by atoms with Crippen LogP contribution in [0.4, 0.5) is 13.2 Å². The monoisotopic (exact) mass is 597 g/mol. The number of ether oxygens (including phenoxy) is 2. The lowest BCUT2D eigenvalue weighted by Crippen LogP contribution is -2.23. The van der Waals surface area contributed by atoms with E-state index >= 15 is 0 Å². The predicted molar refractivity (Wildman–Crippen MR) is 155 cm³/mol. The molecular weight excluding hydrogens is 563 g/mol. The molecule has 4 rings (SSSR count). The number of nitrogens with one attached hydrogen (secondary N) is 1. The lowest BCUT2D eigenvalue weighted by molar-refractivity contribution is -0.140. The number of imidazole rings is 1. The topological polar surface area (TPSA) is 106 Å². The number of carbonyl (C=O) groups is 1. The van der Waals surface area contributed by atoms with Gasteiger partial charge in [0, 0.05) is 25.4 Å². The van der Waals surface area contributed by atoms with Crippen LogP contribution in [0.25, 0.3) is 11.4 Å². The van der Waals surface area contributed by atoms with E-state index in [1.165, 1.54) is 23.7 Å². The summed E-state index contributed by atoms with van der Waals surface area (Å²) in [6.07, 6.45) is -3.23. The fraction of sp³-hybridized carbons (Fsp3) is 0.312. The first kappa shape index (κ1) is 31.4. The van der Waals surface area contributed by atoms with Gasteiger partial charge in [-0.15, -0.1) is 0 Å². The number of hydrogen-bond acceptors (Lipinski definition) is 6. The van der Waals surface area contributed by atoms with Crippen molar-refractivity contribution in [3.8, 4) is 28.6 Å². The molecule has 3 N–H and O–H groups in total. The van der Waals surface area contributed by atoms with Crippen LogP contribution in [-0.4, -0.2) is 45.0 Å². The molecule has 1 heterocycles. The summed E-state index contributed by atoms with van der Waals surface area (Å²) >= 11 is 0. The van der Waals surface area contributed by atoms with Gasteiger partial charge in [0.05, 0.1) is 18.3 Å². The number of aliphatic hydroxyl groups excluding tert-OH is 1. The highest BCUT2D eigenvalue weighted by Gasteiger charge is 2.34. The Kier molecular flexibility index (Phi) is 10.3. The van der Waals surface area contributed by atoms with Crippen molar-refractivity contribution in [1.29, 1.82) is 0 Å². The number of hydrogen-bond donors (Lipinski definition) is 3. The SMILES string of the molecule is CC(CCOc1ccc(O)c(C(=O)NCc2ccccc2)c1)C[C@H](O)COc1ccc(-c2nc(C(F)(F)F)cn2C)cc1. The number of aliphatic hydroxyl groups is 1. The number of amides is 1. The number of phenolic OH excluding ortho intramolecular Hbond substituents is 1. The fourth-order valence-electron chi connectivity index (χ4n) is 4.45. The molecule has 0 fully saturated rings. The molecule has 0 bridgehead atoms. The van der Waals surface area contributed by atoms with E-state index in [2.05, 4.69) is 10.3 Å². The Hall–Kier alpha value is -4.51. The minimum atomic E-state index is -4.52. The van der Waals surface area contributed by atoms with Gasteiger partial charge in [0.2, 0.25) is 0 Å². The summed E-state index contributed by atoms with van der Waals surface area (Å²) in [6, 6.07) is 20.4. The van der Waals surface area contributed by atoms with Crippen molar-refractivity contribution >= 4 is 5.91 Å². The number of aryl methyl sites for hydroxylation is 1. The maximum atomic E-state index is 12.9. The molecule has 0 radical (unpaired) electrons. The van der Waals surface area contributed by atoms with E-state index in [-0.39, 0.29) is 29.7 Å². The second-order valence-electron chi connectivity index (χ2n) is 10.4. The average Bonchev–Trinajstić information content (AvgIpc) is 3.38. The van der Waals surface area contributed by atoms with Crippen LogP contribution in [-0.2, 0) is 19.8 Å². The fourth-order valence-corrected chi connectivity index (χ4v) is 4.45. The summed E-state index contributed by atoms with van der Waals surface area (Å²) in [6.45, 7) is 2.69. The summed E-state index contributed by atoms with van der Waals surface area (Å²) in [4.78, 5) is 16.3. The van der Waals surface area contributed by atoms with Crippen molar-refractivity contribution in [3.05, 3.63) is 95.8 Å². The van der Waals surface area contributed by atoms with Crippen LogP contribution in [0, 0.1) is 5.92 Å². The van der Waals surface area contributed by atoms with E-state index in [9.17, 15) is 28.2 Å². The number of rotatable bonds is 13. The molecule has 11 heteroatoms. The first-order chi connectivity index (χ1) is 20.5. The van der Waals surface area contributed by atoms with Crippen molar-refractivity contribution in [2.75, 3.05) is 13.2 Å². The van der Waals surface area contributed by atoms with Crippen molar-refractivity contribution in [1.82, 2.24) is 14.9 Å². The molecule has 43 heavy (non-hydrogen) atoms. The molecular formula is C32H34F3N3O5. The third-order valence-corrected chi connectivity index (χ3v) is 6.78. The Labute approximate surface area is 247 Å². The minimum absolute atomic E-state index is 0.0462. The highest BCUT2D eigenvalue weighted by molar-refractivity contribution is 5.97. The van der Waals surface area contributed by atoms with Crippen LogP contribution in [0.2, 0.25) is 0 Å². The van der Waals surface area contributed by atoms with Gasteiger partial charge < -0.3 is 29.6 Å². The Morgan fingerprint density at radius 2 is 1.72 bits per heavy atom. The van der Waals surface area contributed by atoms with Gasteiger partial charge in [0.25, 0.3) is 5.91 Å². The molecule has 4 aromatic rings. The first-order valence-electron chi connectivity index (χ1n) is 13.8. The smallest absolute Gasteiger partial charge is 0.434 e. The molecule has 8 nitrogen and oxygen atoms in total. The highest BCUT2D eigenvalue weighted by Crippen LogP contribution is 2.31. The molecule has 0 saturated carbocycles. The number of nitrogens with zero attached hydrogens (tertiary/aromatic N) is 2. The summed E-state index contributed by atoms with van der Waals surface area (Å²) < 4.78 is 51.6. The number of benzene rings is 3. The second kappa shape index (κ2) is 14.1. The number of phenols is 1. The quantitative estimate of drug-likeness (QED) is 0.175. The Bertz CT molecular complexity index is 1490. The van der Waals surface area contributed by atoms with Crippen molar-refractivity contribution < 1.29 is 37.7 Å². The molecule has 3 aromatic carbocycles. The summed E-state index contributed by atoms with van der Waals surface area (Å²) in [7, 11) is 1.50. The van der Waals surface area contributed by atoms with E-state index in [0.29, 0.717) is 43.1 Å². The Morgan fingerprint density at radius 1 is 1.02 bits per heavy atom. The number of aromatic nitrogens is 2. The van der Waals surface area contributed by atoms with Crippen LogP contribution in [0.5, 0.6) is 17.2 Å². The third-order valence-electron chi connectivity index (χ3n) is 6.78. The maximum Gasteiger partial charge on any atom is 0.434 e. The summed E-state index contributed by atoms with van der Waals surface area (Å²) in [5.74, 6) is 0.645. The third kappa shape index (κ3) is 8.99. The van der Waals surface area contributed by atoms with Gasteiger partial charge in [-0.1, -0.05) is 37.3 Å². The first-order valence-corrected chi connectivity index (χ1v) is 13.8. The standard InChI is InChI=1S/C32H34F3N3O5/c1-21(14-15-42-26-12-13-28(40)27(17-26)31(41)36-18-22-6-4-3-5-7-22)16-24(39)20-43-25-10-8-23(9-11-25)30-37-29(19-38(30)2)32(33,34)35/h3-13,17,19,21,24,39-40H,14-16,18,20H2,1-2H3,(H,36,41)/t21?,24-/m0/s1. The zero-order valence-electron chi connectivity index (χ0n) is 23.8. The van der Waals surface area contributed by atoms with Crippen LogP contribution >= 0.6 is 0 Å². The highest BCUT2D eigenvalue weighted by atomic mass is 19.4. The number of aromatic hydroxyl groups is 1. The van der Waals surface area contributed by atoms with Gasteiger partial charge in [-0.2, -0.15) is 13.2 Å². The van der Waals surface area contributed by atoms with Crippen molar-refractivity contribution in [2.45, 2.75) is 38.6 Å². The predicted octanol–water partition coefficient (Wildman–Crippen LogP) is 5.98. The molecule has 0 aliphatic carbocycles. The molecule has 0 aliphatic heterocycles. The van der Waals surface area contributed by atoms with Crippen molar-refractivity contribution in [3.63, 3.8) is 0 Å². The van der Waals surface area contributed by atoms with E-state index in [0.717, 1.165) is 11.8 Å². The van der Waals surface area contributed by atoms with Crippen molar-refractivity contribution in [2.24, 2.45) is 13.0 Å². The van der Waals surface area contributed by atoms with Gasteiger partial charge in [-0.3, -0.25) is 4.79 Å². The van der Waals surface area contributed by atoms with E-state index in [4.69, 9.17) is 9.47 Å². The van der Waals surface area contributed by atoms with Gasteiger partial charge in [0.15, 0.2) is 5.69 Å². The van der Waals surface area contributed by atoms with Crippen LogP contribution in [0.1, 0.15) is 41.4 Å².